The first kappa shape index (κ1) is 23.8. The van der Waals surface area contributed by atoms with Gasteiger partial charge in [-0.3, -0.25) is 4.55 Å². The van der Waals surface area contributed by atoms with E-state index < -0.39 is 10.1 Å². The van der Waals surface area contributed by atoms with Crippen molar-refractivity contribution in [3.05, 3.63) is 84.3 Å². The number of nitrogens with one attached hydrogen (secondary N) is 1. The molecule has 1 aliphatic heterocycles. The number of pyridine rings is 2. The van der Waals surface area contributed by atoms with E-state index in [1.807, 2.05) is 24.3 Å². The van der Waals surface area contributed by atoms with Crippen LogP contribution in [-0.2, 0) is 10.1 Å². The standard InChI is InChI=1S/C27H25N5O3S/c1-31-14-16-32(17-15-31)23-7-2-20(3-8-23)4-11-26-25-18-27(29-19-21(25)12-13-28-26)30-22-5-9-24(10-6-22)36(33,34)35/h2-3,5-10,12-13,18-19H,14-17H2,1H3,(H,29,30)(H,33,34,35). The number of aromatic nitrogens is 2. The maximum atomic E-state index is 11.2. The Labute approximate surface area is 210 Å². The average molecular weight is 500 g/mol. The van der Waals surface area contributed by atoms with E-state index in [4.69, 9.17) is 4.55 Å². The number of benzene rings is 2. The first-order chi connectivity index (χ1) is 17.3. The number of rotatable bonds is 4. The van der Waals surface area contributed by atoms with Crippen molar-refractivity contribution in [3.63, 3.8) is 0 Å². The van der Waals surface area contributed by atoms with E-state index in [0.717, 1.165) is 42.5 Å². The molecule has 9 heteroatoms. The van der Waals surface area contributed by atoms with Crippen LogP contribution in [0.3, 0.4) is 0 Å². The summed E-state index contributed by atoms with van der Waals surface area (Å²) in [6.45, 7) is 4.18. The minimum Gasteiger partial charge on any atom is -0.369 e. The van der Waals surface area contributed by atoms with Gasteiger partial charge in [-0.05, 0) is 73.6 Å². The van der Waals surface area contributed by atoms with Gasteiger partial charge in [-0.1, -0.05) is 5.92 Å². The maximum absolute atomic E-state index is 11.2. The molecule has 1 saturated heterocycles. The van der Waals surface area contributed by atoms with Crippen LogP contribution in [-0.4, -0.2) is 61.1 Å². The summed E-state index contributed by atoms with van der Waals surface area (Å²) in [5.74, 6) is 6.98. The molecule has 1 aliphatic rings. The van der Waals surface area contributed by atoms with E-state index in [0.29, 0.717) is 17.2 Å². The summed E-state index contributed by atoms with van der Waals surface area (Å²) in [5, 5.41) is 4.91. The van der Waals surface area contributed by atoms with Crippen LogP contribution in [0.2, 0.25) is 0 Å². The fourth-order valence-electron chi connectivity index (χ4n) is 4.04. The minimum absolute atomic E-state index is 0.169. The molecule has 2 aromatic heterocycles. The summed E-state index contributed by atoms with van der Waals surface area (Å²) in [6.07, 6.45) is 3.45. The first-order valence-electron chi connectivity index (χ1n) is 11.5. The smallest absolute Gasteiger partial charge is 0.294 e. The summed E-state index contributed by atoms with van der Waals surface area (Å²) in [6, 6.07) is 17.8. The normalized spacial score (nSPS) is 14.3. The van der Waals surface area contributed by atoms with Crippen molar-refractivity contribution in [3.8, 4) is 11.8 Å². The fourth-order valence-corrected chi connectivity index (χ4v) is 4.52. The summed E-state index contributed by atoms with van der Waals surface area (Å²) >= 11 is 0. The lowest BCUT2D eigenvalue weighted by molar-refractivity contribution is 0.313. The lowest BCUT2D eigenvalue weighted by atomic mass is 10.1. The molecule has 3 heterocycles. The van der Waals surface area contributed by atoms with E-state index in [1.54, 1.807) is 24.5 Å². The molecule has 36 heavy (non-hydrogen) atoms. The molecular formula is C27H25N5O3S. The molecule has 8 nitrogen and oxygen atoms in total. The molecule has 0 spiro atoms. The topological polar surface area (TPSA) is 98.7 Å². The highest BCUT2D eigenvalue weighted by Crippen LogP contribution is 2.23. The van der Waals surface area contributed by atoms with Crippen molar-refractivity contribution in [1.82, 2.24) is 14.9 Å². The zero-order valence-corrected chi connectivity index (χ0v) is 20.5. The van der Waals surface area contributed by atoms with Crippen LogP contribution in [0.15, 0.2) is 78.0 Å². The Balaban J connectivity index is 1.36. The van der Waals surface area contributed by atoms with E-state index in [9.17, 15) is 8.42 Å². The molecular weight excluding hydrogens is 474 g/mol. The minimum atomic E-state index is -4.24. The number of fused-ring (bicyclic) bond motifs is 1. The highest BCUT2D eigenvalue weighted by molar-refractivity contribution is 7.85. The van der Waals surface area contributed by atoms with Crippen LogP contribution in [0, 0.1) is 11.8 Å². The summed E-state index contributed by atoms with van der Waals surface area (Å²) in [5.41, 5.74) is 3.40. The van der Waals surface area contributed by atoms with Crippen LogP contribution >= 0.6 is 0 Å². The lowest BCUT2D eigenvalue weighted by Crippen LogP contribution is -2.44. The molecule has 0 saturated carbocycles. The number of hydrogen-bond acceptors (Lipinski definition) is 7. The third kappa shape index (κ3) is 5.47. The molecule has 2 aromatic carbocycles. The Morgan fingerprint density at radius 1 is 0.917 bits per heavy atom. The number of likely N-dealkylation sites (N-methyl/N-ethyl adjacent to an activating group) is 1. The molecule has 5 rings (SSSR count). The van der Waals surface area contributed by atoms with Crippen molar-refractivity contribution >= 4 is 38.1 Å². The maximum Gasteiger partial charge on any atom is 0.294 e. The van der Waals surface area contributed by atoms with Crippen LogP contribution < -0.4 is 10.2 Å². The Morgan fingerprint density at radius 3 is 2.33 bits per heavy atom. The number of nitrogens with zero attached hydrogens (tertiary/aromatic N) is 4. The van der Waals surface area contributed by atoms with Crippen LogP contribution in [0.25, 0.3) is 10.8 Å². The number of piperazine rings is 1. The van der Waals surface area contributed by atoms with Gasteiger partial charge in [-0.2, -0.15) is 8.42 Å². The van der Waals surface area contributed by atoms with Gasteiger partial charge in [-0.15, -0.1) is 0 Å². The summed E-state index contributed by atoms with van der Waals surface area (Å²) in [7, 11) is -2.09. The van der Waals surface area contributed by atoms with Crippen molar-refractivity contribution in [2.75, 3.05) is 43.4 Å². The average Bonchev–Trinajstić information content (AvgIpc) is 2.88. The molecule has 182 valence electrons. The van der Waals surface area contributed by atoms with E-state index in [2.05, 4.69) is 56.1 Å². The Bertz CT molecular complexity index is 1550. The highest BCUT2D eigenvalue weighted by atomic mass is 32.2. The van der Waals surface area contributed by atoms with Gasteiger partial charge in [0.05, 0.1) is 4.90 Å². The monoisotopic (exact) mass is 499 g/mol. The zero-order valence-electron chi connectivity index (χ0n) is 19.7. The predicted molar refractivity (Wildman–Crippen MR) is 141 cm³/mol. The second-order valence-electron chi connectivity index (χ2n) is 8.66. The van der Waals surface area contributed by atoms with E-state index in [-0.39, 0.29) is 4.90 Å². The van der Waals surface area contributed by atoms with Gasteiger partial charge >= 0.3 is 0 Å². The zero-order chi connectivity index (χ0) is 25.1. The molecule has 0 bridgehead atoms. The Morgan fingerprint density at radius 2 is 1.64 bits per heavy atom. The molecule has 0 atom stereocenters. The number of anilines is 3. The lowest BCUT2D eigenvalue weighted by Gasteiger charge is -2.34. The summed E-state index contributed by atoms with van der Waals surface area (Å²) < 4.78 is 31.6. The SMILES string of the molecule is CN1CCN(c2ccc(C#Cc3nccc4cnc(Nc5ccc(S(=O)(=O)O)cc5)cc34)cc2)CC1. The Kier molecular flexibility index (Phi) is 6.57. The largest absolute Gasteiger partial charge is 0.369 e. The first-order valence-corrected chi connectivity index (χ1v) is 12.9. The van der Waals surface area contributed by atoms with Crippen LogP contribution in [0.5, 0.6) is 0 Å². The van der Waals surface area contributed by atoms with E-state index >= 15 is 0 Å². The third-order valence-electron chi connectivity index (χ3n) is 6.13. The predicted octanol–water partition coefficient (Wildman–Crippen LogP) is 3.77. The van der Waals surface area contributed by atoms with Crippen molar-refractivity contribution in [1.29, 1.82) is 0 Å². The van der Waals surface area contributed by atoms with Gasteiger partial charge in [-0.25, -0.2) is 9.97 Å². The second-order valence-corrected chi connectivity index (χ2v) is 10.1. The quantitative estimate of drug-likeness (QED) is 0.323. The number of hydrogen-bond donors (Lipinski definition) is 2. The van der Waals surface area contributed by atoms with Gasteiger partial charge in [0.15, 0.2) is 0 Å². The van der Waals surface area contributed by atoms with Crippen LogP contribution in [0.4, 0.5) is 17.2 Å². The van der Waals surface area contributed by atoms with Gasteiger partial charge < -0.3 is 15.1 Å². The van der Waals surface area contributed by atoms with Gasteiger partial charge in [0.1, 0.15) is 11.5 Å². The molecule has 0 radical (unpaired) electrons. The molecule has 4 aromatic rings. The van der Waals surface area contributed by atoms with Gasteiger partial charge in [0.25, 0.3) is 10.1 Å². The summed E-state index contributed by atoms with van der Waals surface area (Å²) in [4.78, 5) is 13.5. The molecule has 1 fully saturated rings. The van der Waals surface area contributed by atoms with Gasteiger partial charge in [0, 0.05) is 66.3 Å². The highest BCUT2D eigenvalue weighted by Gasteiger charge is 2.14. The fraction of sp³-hybridized carbons (Fsp3) is 0.185. The van der Waals surface area contributed by atoms with Gasteiger partial charge in [0.2, 0.25) is 0 Å². The second kappa shape index (κ2) is 9.95. The Hall–Kier alpha value is -3.97. The molecule has 0 aliphatic carbocycles. The third-order valence-corrected chi connectivity index (χ3v) is 7.00. The van der Waals surface area contributed by atoms with Crippen LogP contribution in [0.1, 0.15) is 11.3 Å². The van der Waals surface area contributed by atoms with E-state index in [1.165, 1.54) is 17.8 Å². The van der Waals surface area contributed by atoms with Crippen molar-refractivity contribution in [2.45, 2.75) is 4.90 Å². The molecule has 2 N–H and O–H groups in total. The van der Waals surface area contributed by atoms with Crippen molar-refractivity contribution < 1.29 is 13.0 Å². The molecule has 0 amide bonds. The molecule has 0 unspecified atom stereocenters. The van der Waals surface area contributed by atoms with Crippen molar-refractivity contribution in [2.24, 2.45) is 0 Å².